The molecule has 0 N–H and O–H groups in total. The average Bonchev–Trinajstić information content (AvgIpc) is 1.27. The molecule has 0 heterocycles. The van der Waals surface area contributed by atoms with Crippen molar-refractivity contribution in [3.63, 3.8) is 0 Å². The average molecular weight is 408 g/mol. The molecule has 0 saturated carbocycles. The van der Waals surface area contributed by atoms with E-state index in [4.69, 9.17) is 25.2 Å². The van der Waals surface area contributed by atoms with E-state index >= 15 is 0 Å². The maximum Gasteiger partial charge on any atom is 2.00 e. The Hall–Kier alpha value is 0.925. The largest absolute Gasteiger partial charge is 2.00 e. The maximum absolute atomic E-state index is 8.52. The molecule has 50 valence electrons. The van der Waals surface area contributed by atoms with Gasteiger partial charge in [0, 0.05) is 10.4 Å². The van der Waals surface area contributed by atoms with Gasteiger partial charge in [-0.05, 0) is 0 Å². The van der Waals surface area contributed by atoms with Crippen molar-refractivity contribution in [3.8, 4) is 0 Å². The van der Waals surface area contributed by atoms with Crippen molar-refractivity contribution in [2.45, 2.75) is 0 Å². The van der Waals surface area contributed by atoms with E-state index in [2.05, 4.69) is 0 Å². The van der Waals surface area contributed by atoms with Crippen LogP contribution in [0, 0.1) is 0 Å². The van der Waals surface area contributed by atoms with Crippen molar-refractivity contribution >= 4 is 25.2 Å². The van der Waals surface area contributed by atoms with Gasteiger partial charge in [0.15, 0.2) is 0 Å². The summed E-state index contributed by atoms with van der Waals surface area (Å²) in [6, 6.07) is 0. The predicted molar refractivity (Wildman–Crippen MR) is 17.6 cm³/mol. The van der Waals surface area contributed by atoms with Gasteiger partial charge in [0.25, 0.3) is 0 Å². The number of hydrogen-bond donors (Lipinski definition) is 0. The van der Waals surface area contributed by atoms with Crippen LogP contribution in [0.15, 0.2) is 0 Å². The molecule has 9 heavy (non-hydrogen) atoms. The quantitative estimate of drug-likeness (QED) is 0.262. The first-order valence-corrected chi connectivity index (χ1v) is 3.73. The molecule has 0 aliphatic rings. The molecule has 0 aromatic rings. The minimum Gasteiger partial charge on any atom is 2.00 e. The van der Waals surface area contributed by atoms with Crippen LogP contribution in [0.4, 0.5) is 0 Å². The zero-order valence-electron chi connectivity index (χ0n) is 3.97. The third-order valence-corrected chi connectivity index (χ3v) is 0. The van der Waals surface area contributed by atoms with Crippen LogP contribution in [0.1, 0.15) is 0 Å². The van der Waals surface area contributed by atoms with Crippen LogP contribution in [0.3, 0.4) is 0 Å². The Labute approximate surface area is 77.7 Å². The van der Waals surface area contributed by atoms with Crippen LogP contribution < -0.4 is 0 Å². The molecule has 0 aromatic heterocycles. The van der Waals surface area contributed by atoms with Crippen LogP contribution in [0.25, 0.3) is 0 Å². The van der Waals surface area contributed by atoms with Gasteiger partial charge in [0.1, 0.15) is 0 Å². The Morgan fingerprint density at radius 2 is 1.11 bits per heavy atom. The Morgan fingerprint density at radius 3 is 1.11 bits per heavy atom. The van der Waals surface area contributed by atoms with Crippen molar-refractivity contribution in [2.24, 2.45) is 0 Å². The fourth-order valence-electron chi connectivity index (χ4n) is 0. The maximum atomic E-state index is 8.52. The van der Waals surface area contributed by atoms with E-state index in [-0.39, 0.29) is 27.7 Å². The van der Waals surface area contributed by atoms with E-state index in [1.807, 2.05) is 0 Å². The second-order valence-corrected chi connectivity index (χ2v) is 1.58. The first kappa shape index (κ1) is 16.5. The summed E-state index contributed by atoms with van der Waals surface area (Å²) in [7, 11) is -5.17. The smallest absolute Gasteiger partial charge is 2.00 e. The molecule has 0 unspecified atom stereocenters. The van der Waals surface area contributed by atoms with Gasteiger partial charge in [-0.2, -0.15) is 0 Å². The van der Waals surface area contributed by atoms with Crippen molar-refractivity contribution in [2.75, 3.05) is 0 Å². The van der Waals surface area contributed by atoms with E-state index in [0.717, 1.165) is 0 Å². The zero-order valence-corrected chi connectivity index (χ0v) is 12.0. The number of rotatable bonds is 0. The minimum absolute atomic E-state index is 0. The SMILES string of the molecule is O=S(=O)([O-])[O-].O=[Se]=O.[Hg+2]. The van der Waals surface area contributed by atoms with Gasteiger partial charge in [-0.3, -0.25) is 8.42 Å². The van der Waals surface area contributed by atoms with Gasteiger partial charge in [0.2, 0.25) is 0 Å². The van der Waals surface area contributed by atoms with E-state index in [0.29, 0.717) is 0 Å². The van der Waals surface area contributed by atoms with Gasteiger partial charge in [-0.25, -0.2) is 0 Å². The van der Waals surface area contributed by atoms with Gasteiger partial charge in [-0.1, -0.05) is 0 Å². The molecule has 9 heteroatoms. The minimum atomic E-state index is -5.17. The van der Waals surface area contributed by atoms with Crippen molar-refractivity contribution in [3.05, 3.63) is 0 Å². The molecule has 0 amide bonds. The molecule has 0 radical (unpaired) electrons. The van der Waals surface area contributed by atoms with Crippen LogP contribution >= 0.6 is 0 Å². The number of hydrogen-bond acceptors (Lipinski definition) is 6. The third kappa shape index (κ3) is 501. The third-order valence-electron chi connectivity index (χ3n) is 0. The Balaban J connectivity index is -0.0000000800. The molecule has 0 spiro atoms. The topological polar surface area (TPSA) is 114 Å². The van der Waals surface area contributed by atoms with Crippen LogP contribution in [0.2, 0.25) is 0 Å². The second kappa shape index (κ2) is 8.92. The standard InChI is InChI=1S/Hg.H2O4S.O2Se/c;1-5(2,3)4;1-3-2/h;(H2,1,2,3,4);/q+2;;/p-2. The first-order valence-electron chi connectivity index (χ1n) is 1.00. The van der Waals surface area contributed by atoms with Crippen LogP contribution in [0.5, 0.6) is 0 Å². The molecule has 6 nitrogen and oxygen atoms in total. The zero-order chi connectivity index (χ0) is 7.21. The molecule has 0 atom stereocenters. The van der Waals surface area contributed by atoms with E-state index in [1.54, 1.807) is 0 Å². The first-order chi connectivity index (χ1) is 3.41. The second-order valence-electron chi connectivity index (χ2n) is 0.476. The molecule has 0 bridgehead atoms. The van der Waals surface area contributed by atoms with Gasteiger partial charge < -0.3 is 9.11 Å². The Kier molecular flexibility index (Phi) is 16.3. The molecule has 0 saturated heterocycles. The van der Waals surface area contributed by atoms with E-state index in [1.165, 1.54) is 0 Å². The van der Waals surface area contributed by atoms with Crippen molar-refractivity contribution in [1.82, 2.24) is 0 Å². The fraction of sp³-hybridized carbons (Fsp3) is 0. The molecule has 0 aromatic carbocycles. The molecule has 0 rings (SSSR count). The summed E-state index contributed by atoms with van der Waals surface area (Å²) in [4.78, 5) is 0. The van der Waals surface area contributed by atoms with Crippen molar-refractivity contribution < 1.29 is 52.9 Å². The summed E-state index contributed by atoms with van der Waals surface area (Å²) >= 11 is -1.62. The van der Waals surface area contributed by atoms with Gasteiger partial charge >= 0.3 is 50.2 Å². The summed E-state index contributed by atoms with van der Waals surface area (Å²) < 4.78 is 51.0. The van der Waals surface area contributed by atoms with E-state index in [9.17, 15) is 0 Å². The summed E-state index contributed by atoms with van der Waals surface area (Å²) in [6.07, 6.45) is 0. The van der Waals surface area contributed by atoms with Crippen molar-refractivity contribution in [1.29, 1.82) is 0 Å². The normalized spacial score (nSPS) is 7.78. The Morgan fingerprint density at radius 1 is 1.11 bits per heavy atom. The van der Waals surface area contributed by atoms with Crippen LogP contribution in [-0.2, 0) is 45.7 Å². The molecular formula is HgO6SSe. The van der Waals surface area contributed by atoms with Gasteiger partial charge in [0.05, 0.1) is 0 Å². The summed E-state index contributed by atoms with van der Waals surface area (Å²) in [5, 5.41) is 0. The molecule has 0 fully saturated rings. The fourth-order valence-corrected chi connectivity index (χ4v) is 0. The summed E-state index contributed by atoms with van der Waals surface area (Å²) in [5.74, 6) is 0. The Bertz CT molecular complexity index is 153. The molecule has 0 aliphatic heterocycles. The van der Waals surface area contributed by atoms with Crippen LogP contribution in [-0.4, -0.2) is 32.3 Å². The molecule has 0 aliphatic carbocycles. The van der Waals surface area contributed by atoms with E-state index < -0.39 is 25.2 Å². The molecular weight excluding hydrogens is 408 g/mol. The summed E-state index contributed by atoms with van der Waals surface area (Å²) in [6.45, 7) is 0. The summed E-state index contributed by atoms with van der Waals surface area (Å²) in [5.41, 5.74) is 0. The van der Waals surface area contributed by atoms with Gasteiger partial charge in [-0.15, -0.1) is 0 Å². The monoisotopic (exact) mass is 410 g/mol. The predicted octanol–water partition coefficient (Wildman–Crippen LogP) is -1.96.